The van der Waals surface area contributed by atoms with Crippen LogP contribution in [0.2, 0.25) is 0 Å². The van der Waals surface area contributed by atoms with Gasteiger partial charge in [-0.3, -0.25) is 23.0 Å². The van der Waals surface area contributed by atoms with E-state index < -0.39 is 99.5 Å². The van der Waals surface area contributed by atoms with Crippen molar-refractivity contribution in [1.29, 1.82) is 0 Å². The topological polar surface area (TPSA) is 445 Å². The number of hydrogen-bond acceptors (Lipinski definition) is 19. The lowest BCUT2D eigenvalue weighted by Gasteiger charge is -2.26. The molecule has 0 radical (unpaired) electrons. The number of pyridine rings is 1. The molecule has 13 N–H and O–H groups in total. The number of rotatable bonds is 13. The van der Waals surface area contributed by atoms with Crippen molar-refractivity contribution in [3.63, 3.8) is 0 Å². The Morgan fingerprint density at radius 2 is 1.57 bits per heavy atom. The van der Waals surface area contributed by atoms with Gasteiger partial charge < -0.3 is 75.0 Å². The third-order valence-electron chi connectivity index (χ3n) is 6.97. The number of amides is 1. The average molecular weight is 841 g/mol. The Hall–Kier alpha value is -2.75. The number of phosphoric ester groups is 3. The third-order valence-corrected chi connectivity index (χ3v) is 10.1. The maximum atomic E-state index is 12.5. The zero-order valence-electron chi connectivity index (χ0n) is 26.1. The summed E-state index contributed by atoms with van der Waals surface area (Å²) in [6, 6.07) is 2.77. The molecule has 2 fully saturated rings. The summed E-state index contributed by atoms with van der Waals surface area (Å²) in [6.07, 6.45) is -8.59. The second-order valence-corrected chi connectivity index (χ2v) is 16.0. The van der Waals surface area contributed by atoms with Gasteiger partial charge in [0.15, 0.2) is 36.2 Å². The first kappa shape index (κ1) is 43.0. The number of aliphatic hydroxyl groups is 3. The van der Waals surface area contributed by atoms with Gasteiger partial charge in [0.05, 0.1) is 19.5 Å². The smallest absolute Gasteiger partial charge is 0.478 e. The van der Waals surface area contributed by atoms with Gasteiger partial charge in [-0.2, -0.15) is 4.57 Å². The molecule has 0 aliphatic carbocycles. The highest BCUT2D eigenvalue weighted by Crippen LogP contribution is 2.58. The van der Waals surface area contributed by atoms with Gasteiger partial charge in [-0.25, -0.2) is 33.0 Å². The standard InChI is InChI=1S/C21H28N7O17P3.H3O4P/c22-17-12-19(25-7-24-17)28(8-26-12)21-16(44-46(33,34)35)14(30)11(43-21)6-41-48(38,39)45-47(36,37)40-5-10-13(29)15(31)20(42-10)27-3-1-2-9(4-27)18(23)32;1-5(2,3)4/h1-4,7-8,10-11,13-16,20-21,29-31H,5-6H2,(H7-,22,23,24,25,32,33,34,35,36,37,38,39);(H3,1,2,3,4)/t10-,11-,13-,14-,15-,16-,20-,21-;/m1./s1. The van der Waals surface area contributed by atoms with Crippen LogP contribution in [0.25, 0.3) is 11.2 Å². The summed E-state index contributed by atoms with van der Waals surface area (Å²) in [4.78, 5) is 86.0. The molecule has 5 rings (SSSR count). The van der Waals surface area contributed by atoms with E-state index in [4.69, 9.17) is 40.2 Å². The van der Waals surface area contributed by atoms with Gasteiger partial charge in [0.2, 0.25) is 0 Å². The quantitative estimate of drug-likeness (QED) is 0.0571. The number of fused-ring (bicyclic) bond motifs is 1. The number of carbonyl (C=O) groups excluding carboxylic acids is 1. The molecule has 0 aromatic carbocycles. The number of carbonyl (C=O) groups is 1. The van der Waals surface area contributed by atoms with E-state index in [-0.39, 0.29) is 22.5 Å². The Balaban J connectivity index is 0.00000117. The molecule has 296 valence electrons. The van der Waals surface area contributed by atoms with Crippen molar-refractivity contribution in [3.05, 3.63) is 42.7 Å². The molecule has 3 aromatic heterocycles. The number of hydrogen-bond donors (Lipinski definition) is 11. The molecule has 2 unspecified atom stereocenters. The Morgan fingerprint density at radius 3 is 2.19 bits per heavy atom. The number of primary amides is 1. The monoisotopic (exact) mass is 841 g/mol. The molecule has 0 bridgehead atoms. The number of aliphatic hydroxyl groups excluding tert-OH is 3. The molecular formula is C21H31N7O21P4. The first-order valence-electron chi connectivity index (χ1n) is 14.1. The molecule has 2 aliphatic heterocycles. The van der Waals surface area contributed by atoms with Gasteiger partial charge in [0.25, 0.3) is 20.0 Å². The summed E-state index contributed by atoms with van der Waals surface area (Å²) < 4.78 is 76.8. The van der Waals surface area contributed by atoms with E-state index in [9.17, 15) is 53.4 Å². The highest BCUT2D eigenvalue weighted by molar-refractivity contribution is 7.60. The minimum absolute atomic E-state index is 0.00541. The molecule has 5 heterocycles. The van der Waals surface area contributed by atoms with Gasteiger partial charge in [0.1, 0.15) is 47.9 Å². The summed E-state index contributed by atoms with van der Waals surface area (Å²) in [5.74, 6) is -0.862. The van der Waals surface area contributed by atoms with Crippen LogP contribution in [-0.2, 0) is 45.6 Å². The van der Waals surface area contributed by atoms with Crippen molar-refractivity contribution in [2.45, 2.75) is 49.1 Å². The van der Waals surface area contributed by atoms with Crippen LogP contribution in [0.1, 0.15) is 22.8 Å². The Bertz CT molecular complexity index is 1970. The minimum Gasteiger partial charge on any atom is -0.756 e. The Kier molecular flexibility index (Phi) is 13.4. The van der Waals surface area contributed by atoms with E-state index in [0.29, 0.717) is 0 Å². The fourth-order valence-electron chi connectivity index (χ4n) is 4.82. The van der Waals surface area contributed by atoms with Gasteiger partial charge in [-0.05, 0) is 6.07 Å². The molecule has 0 saturated carbocycles. The van der Waals surface area contributed by atoms with E-state index in [1.54, 1.807) is 0 Å². The number of ether oxygens (including phenoxy) is 2. The van der Waals surface area contributed by atoms with Crippen molar-refractivity contribution >= 4 is 54.2 Å². The summed E-state index contributed by atoms with van der Waals surface area (Å²) in [7, 11) is -21.2. The first-order valence-corrected chi connectivity index (χ1v) is 20.2. The van der Waals surface area contributed by atoms with E-state index in [0.717, 1.165) is 17.2 Å². The lowest BCUT2D eigenvalue weighted by Crippen LogP contribution is -2.46. The molecule has 1 amide bonds. The zero-order valence-corrected chi connectivity index (χ0v) is 29.7. The van der Waals surface area contributed by atoms with Crippen molar-refractivity contribution in [2.24, 2.45) is 5.73 Å². The lowest BCUT2D eigenvalue weighted by atomic mass is 10.1. The van der Waals surface area contributed by atoms with Crippen LogP contribution >= 0.6 is 31.3 Å². The molecule has 2 aliphatic rings. The maximum absolute atomic E-state index is 12.5. The predicted octanol–water partition coefficient (Wildman–Crippen LogP) is -4.46. The SMILES string of the molecule is NC(=O)c1ccc[n+]([C@@H]2O[C@H](COP(=O)([O-])OP(=O)(O)OC[C@H]3O[C@@H](n4cnc5c(N)ncnc54)[C@H](OP(=O)(O)O)[C@@H]3O)[C@@H](O)[C@H]2O)c1.O=P(O)(O)O. The van der Waals surface area contributed by atoms with Crippen LogP contribution in [0.3, 0.4) is 0 Å². The number of nitrogen functional groups attached to an aromatic ring is 1. The summed E-state index contributed by atoms with van der Waals surface area (Å²) in [5, 5.41) is 31.5. The summed E-state index contributed by atoms with van der Waals surface area (Å²) >= 11 is 0. The van der Waals surface area contributed by atoms with Crippen LogP contribution in [0.4, 0.5) is 5.82 Å². The van der Waals surface area contributed by atoms with Crippen molar-refractivity contribution < 1.29 is 105 Å². The molecule has 2 saturated heterocycles. The van der Waals surface area contributed by atoms with Crippen LogP contribution in [0, 0.1) is 0 Å². The Morgan fingerprint density at radius 1 is 0.943 bits per heavy atom. The maximum Gasteiger partial charge on any atom is 0.478 e. The van der Waals surface area contributed by atoms with Crippen LogP contribution < -0.4 is 20.9 Å². The van der Waals surface area contributed by atoms with Crippen molar-refractivity contribution in [3.8, 4) is 0 Å². The zero-order chi connectivity index (χ0) is 39.7. The number of nitrogens with two attached hydrogens (primary N) is 2. The van der Waals surface area contributed by atoms with Gasteiger partial charge in [-0.15, -0.1) is 0 Å². The number of phosphoric acid groups is 4. The van der Waals surface area contributed by atoms with Crippen LogP contribution in [0.15, 0.2) is 37.2 Å². The number of imidazole rings is 1. The molecule has 0 spiro atoms. The van der Waals surface area contributed by atoms with Crippen LogP contribution in [0.5, 0.6) is 0 Å². The number of anilines is 1. The highest BCUT2D eigenvalue weighted by atomic mass is 31.3. The molecule has 10 atom stereocenters. The average Bonchev–Trinajstić information content (AvgIpc) is 3.67. The molecule has 3 aromatic rings. The van der Waals surface area contributed by atoms with E-state index in [2.05, 4.69) is 32.8 Å². The number of aromatic nitrogens is 5. The van der Waals surface area contributed by atoms with Gasteiger partial charge >= 0.3 is 23.5 Å². The summed E-state index contributed by atoms with van der Waals surface area (Å²) in [5.41, 5.74) is 11.1. The molecule has 32 heteroatoms. The normalized spacial score (nSPS) is 28.6. The second kappa shape index (κ2) is 16.5. The number of nitrogens with zero attached hydrogens (tertiary/aromatic N) is 5. The van der Waals surface area contributed by atoms with Gasteiger partial charge in [0, 0.05) is 6.07 Å². The second-order valence-electron chi connectivity index (χ2n) is 10.8. The van der Waals surface area contributed by atoms with E-state index in [1.165, 1.54) is 29.1 Å². The van der Waals surface area contributed by atoms with E-state index >= 15 is 0 Å². The molecular weight excluding hydrogens is 810 g/mol. The predicted molar refractivity (Wildman–Crippen MR) is 162 cm³/mol. The third kappa shape index (κ3) is 11.6. The summed E-state index contributed by atoms with van der Waals surface area (Å²) in [6.45, 7) is -2.12. The molecule has 28 nitrogen and oxygen atoms in total. The molecule has 53 heavy (non-hydrogen) atoms. The van der Waals surface area contributed by atoms with E-state index in [1.807, 2.05) is 0 Å². The lowest BCUT2D eigenvalue weighted by molar-refractivity contribution is -0.765. The fraction of sp³-hybridized carbons (Fsp3) is 0.476. The largest absolute Gasteiger partial charge is 0.756 e. The fourth-order valence-corrected chi connectivity index (χ4v) is 7.42. The minimum atomic E-state index is -5.72. The van der Waals surface area contributed by atoms with Crippen LogP contribution in [-0.4, -0.2) is 120 Å². The van der Waals surface area contributed by atoms with Crippen molar-refractivity contribution in [2.75, 3.05) is 18.9 Å². The highest BCUT2D eigenvalue weighted by Gasteiger charge is 2.51. The van der Waals surface area contributed by atoms with Gasteiger partial charge in [-0.1, -0.05) is 0 Å². The first-order chi connectivity index (χ1) is 24.4. The Labute approximate surface area is 294 Å². The van der Waals surface area contributed by atoms with Crippen molar-refractivity contribution in [1.82, 2.24) is 19.5 Å².